The van der Waals surface area contributed by atoms with Crippen molar-refractivity contribution in [2.75, 3.05) is 0 Å². The van der Waals surface area contributed by atoms with Crippen molar-refractivity contribution in [3.8, 4) is 0 Å². The summed E-state index contributed by atoms with van der Waals surface area (Å²) in [7, 11) is 0. The maximum atomic E-state index is 3.95. The van der Waals surface area contributed by atoms with Crippen LogP contribution in [0, 0.1) is 0 Å². The Labute approximate surface area is 83.6 Å². The van der Waals surface area contributed by atoms with Crippen molar-refractivity contribution in [1.82, 2.24) is 5.32 Å². The summed E-state index contributed by atoms with van der Waals surface area (Å²) in [5.41, 5.74) is 1.17. The van der Waals surface area contributed by atoms with Crippen LogP contribution in [0.25, 0.3) is 0 Å². The normalized spacial score (nSPS) is 12.5. The Kier molecular flexibility index (Phi) is 7.86. The molecule has 0 heterocycles. The van der Waals surface area contributed by atoms with Gasteiger partial charge in [0.05, 0.1) is 0 Å². The monoisotopic (exact) mass is 183 g/mol. The van der Waals surface area contributed by atoms with Gasteiger partial charge < -0.3 is 5.32 Å². The molecule has 1 N–H and O–H groups in total. The summed E-state index contributed by atoms with van der Waals surface area (Å²) in [5, 5.41) is 3.41. The number of hydrogen-bond donors (Lipinski definition) is 1. The number of allylic oxidation sites excluding steroid dienone is 1. The minimum absolute atomic E-state index is 0.601. The summed E-state index contributed by atoms with van der Waals surface area (Å²) in [6, 6.07) is 0.601. The second kappa shape index (κ2) is 8.15. The van der Waals surface area contributed by atoms with Crippen LogP contribution >= 0.6 is 0 Å². The van der Waals surface area contributed by atoms with Crippen molar-refractivity contribution >= 4 is 0 Å². The Balaban J connectivity index is 3.29. The highest BCUT2D eigenvalue weighted by Crippen LogP contribution is 2.06. The Morgan fingerprint density at radius 2 is 1.92 bits per heavy atom. The summed E-state index contributed by atoms with van der Waals surface area (Å²) >= 11 is 0. The molecule has 0 aromatic carbocycles. The predicted molar refractivity (Wildman–Crippen MR) is 60.8 cm³/mol. The van der Waals surface area contributed by atoms with Gasteiger partial charge in [0, 0.05) is 11.7 Å². The van der Waals surface area contributed by atoms with Gasteiger partial charge in [0.2, 0.25) is 0 Å². The van der Waals surface area contributed by atoms with Crippen LogP contribution in [-0.2, 0) is 0 Å². The molecule has 1 atom stereocenters. The molecule has 0 amide bonds. The molecule has 0 fully saturated rings. The van der Waals surface area contributed by atoms with Gasteiger partial charge in [-0.15, -0.1) is 0 Å². The third kappa shape index (κ3) is 7.89. The Hall–Kier alpha value is -0.460. The molecule has 1 heteroatoms. The standard InChI is InChI=1S/C12H25N/c1-5-7-8-9-10-12(4)13-11(3)6-2/h12-13H,3,5-10H2,1-2,4H3. The topological polar surface area (TPSA) is 12.0 Å². The molecule has 1 nitrogen and oxygen atoms in total. The van der Waals surface area contributed by atoms with Gasteiger partial charge in [-0.25, -0.2) is 0 Å². The highest BCUT2D eigenvalue weighted by atomic mass is 14.9. The highest BCUT2D eigenvalue weighted by molar-refractivity contribution is 4.91. The van der Waals surface area contributed by atoms with E-state index < -0.39 is 0 Å². The Bertz CT molecular complexity index is 129. The summed E-state index contributed by atoms with van der Waals surface area (Å²) in [6.45, 7) is 10.6. The molecular weight excluding hydrogens is 158 g/mol. The lowest BCUT2D eigenvalue weighted by Crippen LogP contribution is -2.24. The quantitative estimate of drug-likeness (QED) is 0.563. The lowest BCUT2D eigenvalue weighted by molar-refractivity contribution is 0.515. The molecule has 0 spiro atoms. The van der Waals surface area contributed by atoms with Gasteiger partial charge in [0.25, 0.3) is 0 Å². The molecule has 0 aromatic rings. The van der Waals surface area contributed by atoms with Crippen LogP contribution in [0.2, 0.25) is 0 Å². The number of hydrogen-bond acceptors (Lipinski definition) is 1. The first-order valence-electron chi connectivity index (χ1n) is 5.65. The van der Waals surface area contributed by atoms with E-state index in [2.05, 4.69) is 32.7 Å². The van der Waals surface area contributed by atoms with E-state index in [4.69, 9.17) is 0 Å². The molecule has 0 aliphatic carbocycles. The Morgan fingerprint density at radius 3 is 2.46 bits per heavy atom. The van der Waals surface area contributed by atoms with Crippen LogP contribution in [0.1, 0.15) is 59.3 Å². The largest absolute Gasteiger partial charge is 0.386 e. The van der Waals surface area contributed by atoms with Crippen molar-refractivity contribution < 1.29 is 0 Å². The molecule has 0 aliphatic heterocycles. The molecule has 0 aromatic heterocycles. The molecule has 0 radical (unpaired) electrons. The minimum atomic E-state index is 0.601. The smallest absolute Gasteiger partial charge is 0.0229 e. The third-order valence-electron chi connectivity index (χ3n) is 2.37. The van der Waals surface area contributed by atoms with E-state index in [1.165, 1.54) is 37.8 Å². The van der Waals surface area contributed by atoms with E-state index in [-0.39, 0.29) is 0 Å². The fraction of sp³-hybridized carbons (Fsp3) is 0.833. The zero-order valence-electron chi connectivity index (χ0n) is 9.53. The molecule has 0 bridgehead atoms. The molecule has 1 unspecified atom stereocenters. The molecule has 0 rings (SSSR count). The van der Waals surface area contributed by atoms with Crippen LogP contribution < -0.4 is 5.32 Å². The molecule has 0 saturated heterocycles. The summed E-state index contributed by atoms with van der Waals surface area (Å²) in [5.74, 6) is 0. The first kappa shape index (κ1) is 12.5. The minimum Gasteiger partial charge on any atom is -0.386 e. The SMILES string of the molecule is C=C(CC)NC(C)CCCCCC. The van der Waals surface area contributed by atoms with Crippen LogP contribution in [0.5, 0.6) is 0 Å². The third-order valence-corrected chi connectivity index (χ3v) is 2.37. The van der Waals surface area contributed by atoms with Crippen molar-refractivity contribution in [2.45, 2.75) is 65.3 Å². The lowest BCUT2D eigenvalue weighted by Gasteiger charge is -2.15. The van der Waals surface area contributed by atoms with E-state index in [1.54, 1.807) is 0 Å². The average Bonchev–Trinajstić information content (AvgIpc) is 2.12. The number of rotatable bonds is 8. The Morgan fingerprint density at radius 1 is 1.23 bits per heavy atom. The van der Waals surface area contributed by atoms with Crippen molar-refractivity contribution in [2.24, 2.45) is 0 Å². The molecule has 78 valence electrons. The zero-order chi connectivity index (χ0) is 10.1. The van der Waals surface area contributed by atoms with Gasteiger partial charge >= 0.3 is 0 Å². The van der Waals surface area contributed by atoms with Gasteiger partial charge in [-0.3, -0.25) is 0 Å². The molecular formula is C12H25N. The van der Waals surface area contributed by atoms with Crippen LogP contribution in [0.15, 0.2) is 12.3 Å². The maximum Gasteiger partial charge on any atom is 0.0229 e. The zero-order valence-corrected chi connectivity index (χ0v) is 9.53. The van der Waals surface area contributed by atoms with Gasteiger partial charge in [-0.1, -0.05) is 46.1 Å². The summed E-state index contributed by atoms with van der Waals surface area (Å²) in [4.78, 5) is 0. The number of unbranched alkanes of at least 4 members (excludes halogenated alkanes) is 3. The van der Waals surface area contributed by atoms with E-state index in [9.17, 15) is 0 Å². The fourth-order valence-electron chi connectivity index (χ4n) is 1.40. The van der Waals surface area contributed by atoms with E-state index in [0.29, 0.717) is 6.04 Å². The maximum absolute atomic E-state index is 3.95. The van der Waals surface area contributed by atoms with E-state index in [1.807, 2.05) is 0 Å². The van der Waals surface area contributed by atoms with Crippen molar-refractivity contribution in [1.29, 1.82) is 0 Å². The first-order valence-corrected chi connectivity index (χ1v) is 5.65. The molecule has 13 heavy (non-hydrogen) atoms. The summed E-state index contributed by atoms with van der Waals surface area (Å²) in [6.07, 6.45) is 7.74. The number of nitrogens with one attached hydrogen (secondary N) is 1. The van der Waals surface area contributed by atoms with Crippen molar-refractivity contribution in [3.05, 3.63) is 12.3 Å². The fourth-order valence-corrected chi connectivity index (χ4v) is 1.40. The molecule has 0 aliphatic rings. The average molecular weight is 183 g/mol. The summed E-state index contributed by atoms with van der Waals surface area (Å²) < 4.78 is 0. The molecule has 0 saturated carbocycles. The lowest BCUT2D eigenvalue weighted by atomic mass is 10.1. The van der Waals surface area contributed by atoms with Crippen LogP contribution in [-0.4, -0.2) is 6.04 Å². The van der Waals surface area contributed by atoms with E-state index in [0.717, 1.165) is 6.42 Å². The van der Waals surface area contributed by atoms with Crippen LogP contribution in [0.4, 0.5) is 0 Å². The first-order chi connectivity index (χ1) is 6.20. The predicted octanol–water partition coefficient (Wildman–Crippen LogP) is 3.86. The second-order valence-corrected chi connectivity index (χ2v) is 3.85. The second-order valence-electron chi connectivity index (χ2n) is 3.85. The van der Waals surface area contributed by atoms with Gasteiger partial charge in [-0.2, -0.15) is 0 Å². The van der Waals surface area contributed by atoms with E-state index >= 15 is 0 Å². The van der Waals surface area contributed by atoms with Gasteiger partial charge in [-0.05, 0) is 19.8 Å². The van der Waals surface area contributed by atoms with Crippen molar-refractivity contribution in [3.63, 3.8) is 0 Å². The van der Waals surface area contributed by atoms with Gasteiger partial charge in [0.15, 0.2) is 0 Å². The van der Waals surface area contributed by atoms with Crippen LogP contribution in [0.3, 0.4) is 0 Å². The highest BCUT2D eigenvalue weighted by Gasteiger charge is 2.00. The van der Waals surface area contributed by atoms with Gasteiger partial charge in [0.1, 0.15) is 0 Å².